The summed E-state index contributed by atoms with van der Waals surface area (Å²) in [7, 11) is 0. The molecular weight excluding hydrogens is 341 g/mol. The van der Waals surface area contributed by atoms with Crippen LogP contribution in [-0.2, 0) is 14.3 Å². The molecule has 0 bridgehead atoms. The van der Waals surface area contributed by atoms with E-state index in [-0.39, 0.29) is 30.8 Å². The number of hydrogen-bond acceptors (Lipinski definition) is 4. The molecule has 2 saturated heterocycles. The molecule has 2 aliphatic heterocycles. The summed E-state index contributed by atoms with van der Waals surface area (Å²) in [6, 6.07) is 4.66. The van der Waals surface area contributed by atoms with Gasteiger partial charge in [0.25, 0.3) is 0 Å². The number of nitrogens with zero attached hydrogens (tertiary/aromatic N) is 1. The van der Waals surface area contributed by atoms with Gasteiger partial charge in [-0.2, -0.15) is 0 Å². The number of amides is 3. The molecule has 7 nitrogen and oxygen atoms in total. The third kappa shape index (κ3) is 3.95. The van der Waals surface area contributed by atoms with Crippen LogP contribution >= 0.6 is 0 Å². The predicted octanol–water partition coefficient (Wildman–Crippen LogP) is 1.67. The van der Waals surface area contributed by atoms with Crippen molar-refractivity contribution in [1.29, 1.82) is 0 Å². The molecule has 2 aliphatic rings. The van der Waals surface area contributed by atoms with Crippen molar-refractivity contribution in [2.75, 3.05) is 24.5 Å². The van der Waals surface area contributed by atoms with Crippen LogP contribution in [0.15, 0.2) is 18.2 Å². The van der Waals surface area contributed by atoms with Gasteiger partial charge in [-0.3, -0.25) is 14.5 Å². The van der Waals surface area contributed by atoms with Gasteiger partial charge in [0.1, 0.15) is 11.9 Å². The van der Waals surface area contributed by atoms with Gasteiger partial charge in [-0.1, -0.05) is 13.0 Å². The minimum absolute atomic E-state index is 0.0145. The Labute approximate surface area is 150 Å². The molecule has 1 aromatic rings. The molecule has 2 fully saturated rings. The highest BCUT2D eigenvalue weighted by atomic mass is 19.1. The highest BCUT2D eigenvalue weighted by Gasteiger charge is 2.33. The fourth-order valence-corrected chi connectivity index (χ4v) is 3.20. The van der Waals surface area contributed by atoms with Crippen molar-refractivity contribution in [2.45, 2.75) is 38.2 Å². The van der Waals surface area contributed by atoms with Crippen LogP contribution in [-0.4, -0.2) is 43.6 Å². The zero-order valence-electron chi connectivity index (χ0n) is 14.6. The van der Waals surface area contributed by atoms with Gasteiger partial charge in [-0.15, -0.1) is 0 Å². The maximum Gasteiger partial charge on any atom is 0.414 e. The third-order valence-corrected chi connectivity index (χ3v) is 4.72. The summed E-state index contributed by atoms with van der Waals surface area (Å²) >= 11 is 0. The zero-order chi connectivity index (χ0) is 18.7. The Morgan fingerprint density at radius 2 is 2.23 bits per heavy atom. The number of benzene rings is 1. The van der Waals surface area contributed by atoms with E-state index in [4.69, 9.17) is 4.74 Å². The molecule has 2 atom stereocenters. The van der Waals surface area contributed by atoms with Crippen LogP contribution in [0, 0.1) is 5.82 Å². The largest absolute Gasteiger partial charge is 0.442 e. The number of carbonyl (C=O) groups excluding carboxylic acids is 3. The summed E-state index contributed by atoms with van der Waals surface area (Å²) in [5.41, 5.74) is 0.952. The van der Waals surface area contributed by atoms with Crippen LogP contribution in [0.1, 0.15) is 37.7 Å². The Morgan fingerprint density at radius 1 is 1.42 bits per heavy atom. The Bertz CT molecular complexity index is 714. The number of anilines is 1. The van der Waals surface area contributed by atoms with Gasteiger partial charge in [-0.05, 0) is 24.1 Å². The molecule has 2 N–H and O–H groups in total. The minimum atomic E-state index is -0.558. The van der Waals surface area contributed by atoms with Gasteiger partial charge in [0, 0.05) is 25.3 Å². The van der Waals surface area contributed by atoms with E-state index >= 15 is 0 Å². The standard InChI is InChI=1S/C18H22FN3O4/c1-2-16(23)21-9-13-10-22(18(25)26-13)12-4-5-14(15(19)7-12)11-3-6-17(24)20-8-11/h4-5,7,11,13H,2-3,6,8-10H2,1H3,(H,20,24)(H,21,23). The lowest BCUT2D eigenvalue weighted by Crippen LogP contribution is -2.34. The van der Waals surface area contributed by atoms with E-state index in [0.717, 1.165) is 0 Å². The zero-order valence-corrected chi connectivity index (χ0v) is 14.6. The first-order valence-corrected chi connectivity index (χ1v) is 8.79. The highest BCUT2D eigenvalue weighted by molar-refractivity contribution is 5.90. The molecular formula is C18H22FN3O4. The lowest BCUT2D eigenvalue weighted by atomic mass is 9.91. The highest BCUT2D eigenvalue weighted by Crippen LogP contribution is 2.30. The number of cyclic esters (lactones) is 1. The Morgan fingerprint density at radius 3 is 2.88 bits per heavy atom. The van der Waals surface area contributed by atoms with Crippen molar-refractivity contribution < 1.29 is 23.5 Å². The van der Waals surface area contributed by atoms with Crippen molar-refractivity contribution in [2.24, 2.45) is 0 Å². The van der Waals surface area contributed by atoms with E-state index in [0.29, 0.717) is 37.1 Å². The van der Waals surface area contributed by atoms with E-state index < -0.39 is 18.0 Å². The van der Waals surface area contributed by atoms with Crippen LogP contribution in [0.4, 0.5) is 14.9 Å². The number of piperidine rings is 1. The number of carbonyl (C=O) groups is 3. The molecule has 2 unspecified atom stereocenters. The fourth-order valence-electron chi connectivity index (χ4n) is 3.20. The second-order valence-corrected chi connectivity index (χ2v) is 6.52. The van der Waals surface area contributed by atoms with Crippen molar-refractivity contribution in [3.8, 4) is 0 Å². The van der Waals surface area contributed by atoms with Crippen molar-refractivity contribution in [1.82, 2.24) is 10.6 Å². The minimum Gasteiger partial charge on any atom is -0.442 e. The summed E-state index contributed by atoms with van der Waals surface area (Å²) in [6.45, 7) is 2.64. The summed E-state index contributed by atoms with van der Waals surface area (Å²) in [5.74, 6) is -0.600. The molecule has 3 amide bonds. The van der Waals surface area contributed by atoms with Crippen LogP contribution in [0.3, 0.4) is 0 Å². The van der Waals surface area contributed by atoms with Crippen molar-refractivity contribution >= 4 is 23.6 Å². The third-order valence-electron chi connectivity index (χ3n) is 4.72. The second-order valence-electron chi connectivity index (χ2n) is 6.52. The average molecular weight is 363 g/mol. The van der Waals surface area contributed by atoms with E-state index in [1.807, 2.05) is 0 Å². The fraction of sp³-hybridized carbons (Fsp3) is 0.500. The van der Waals surface area contributed by atoms with E-state index in [9.17, 15) is 18.8 Å². The smallest absolute Gasteiger partial charge is 0.414 e. The molecule has 1 aromatic carbocycles. The molecule has 3 rings (SSSR count). The van der Waals surface area contributed by atoms with Crippen molar-refractivity contribution in [3.63, 3.8) is 0 Å². The molecule has 8 heteroatoms. The maximum absolute atomic E-state index is 14.6. The van der Waals surface area contributed by atoms with Crippen LogP contribution in [0.5, 0.6) is 0 Å². The van der Waals surface area contributed by atoms with E-state index in [1.165, 1.54) is 11.0 Å². The van der Waals surface area contributed by atoms with Gasteiger partial charge in [-0.25, -0.2) is 9.18 Å². The molecule has 140 valence electrons. The van der Waals surface area contributed by atoms with Gasteiger partial charge < -0.3 is 15.4 Å². The lowest BCUT2D eigenvalue weighted by Gasteiger charge is -2.24. The SMILES string of the molecule is CCC(=O)NCC1CN(c2ccc(C3CCC(=O)NC3)c(F)c2)C(=O)O1. The predicted molar refractivity (Wildman–Crippen MR) is 92.3 cm³/mol. The Hall–Kier alpha value is -2.64. The average Bonchev–Trinajstić information content (AvgIpc) is 3.01. The summed E-state index contributed by atoms with van der Waals surface area (Å²) in [5, 5.41) is 5.43. The quantitative estimate of drug-likeness (QED) is 0.833. The topological polar surface area (TPSA) is 87.7 Å². The summed E-state index contributed by atoms with van der Waals surface area (Å²) in [6.07, 6.45) is 0.327. The molecule has 0 saturated carbocycles. The number of halogens is 1. The molecule has 2 heterocycles. The number of nitrogens with one attached hydrogen (secondary N) is 2. The number of ether oxygens (including phenoxy) is 1. The second kappa shape index (κ2) is 7.72. The summed E-state index contributed by atoms with van der Waals surface area (Å²) < 4.78 is 19.8. The van der Waals surface area contributed by atoms with E-state index in [1.54, 1.807) is 19.1 Å². The maximum atomic E-state index is 14.6. The van der Waals surface area contributed by atoms with Crippen LogP contribution in [0.25, 0.3) is 0 Å². The Kier molecular flexibility index (Phi) is 5.39. The van der Waals surface area contributed by atoms with Gasteiger partial charge in [0.05, 0.1) is 18.8 Å². The normalized spacial score (nSPS) is 22.8. The molecule has 0 spiro atoms. The number of rotatable bonds is 5. The monoisotopic (exact) mass is 363 g/mol. The van der Waals surface area contributed by atoms with Crippen LogP contribution < -0.4 is 15.5 Å². The van der Waals surface area contributed by atoms with Gasteiger partial charge >= 0.3 is 6.09 Å². The van der Waals surface area contributed by atoms with Gasteiger partial charge in [0.2, 0.25) is 11.8 Å². The number of hydrogen-bond donors (Lipinski definition) is 2. The molecule has 0 radical (unpaired) electrons. The lowest BCUT2D eigenvalue weighted by molar-refractivity contribution is -0.122. The van der Waals surface area contributed by atoms with E-state index in [2.05, 4.69) is 10.6 Å². The molecule has 0 aromatic heterocycles. The van der Waals surface area contributed by atoms with Crippen LogP contribution in [0.2, 0.25) is 0 Å². The van der Waals surface area contributed by atoms with Crippen molar-refractivity contribution in [3.05, 3.63) is 29.6 Å². The Balaban J connectivity index is 1.66. The first-order valence-electron chi connectivity index (χ1n) is 8.79. The van der Waals surface area contributed by atoms with Gasteiger partial charge in [0.15, 0.2) is 0 Å². The molecule has 26 heavy (non-hydrogen) atoms. The first-order chi connectivity index (χ1) is 12.5. The summed E-state index contributed by atoms with van der Waals surface area (Å²) in [4.78, 5) is 36.0. The molecule has 0 aliphatic carbocycles. The first kappa shape index (κ1) is 18.2.